The van der Waals surface area contributed by atoms with E-state index in [0.717, 1.165) is 24.0 Å². The number of carbonyl (C=O) groups is 1. The molecule has 4 rings (SSSR count). The van der Waals surface area contributed by atoms with Crippen molar-refractivity contribution >= 4 is 34.0 Å². The first-order chi connectivity index (χ1) is 14.2. The summed E-state index contributed by atoms with van der Waals surface area (Å²) in [6, 6.07) is 9.10. The highest BCUT2D eigenvalue weighted by molar-refractivity contribution is 7.17. The molecule has 1 aromatic carbocycles. The molecule has 1 aliphatic heterocycles. The van der Waals surface area contributed by atoms with E-state index in [4.69, 9.17) is 21.1 Å². The maximum atomic E-state index is 12.8. The molecule has 0 bridgehead atoms. The molecular formula is C20H19ClN4O3S. The van der Waals surface area contributed by atoms with Crippen LogP contribution >= 0.6 is 22.9 Å². The molecule has 0 radical (unpaired) electrons. The van der Waals surface area contributed by atoms with Gasteiger partial charge in [-0.05, 0) is 59.4 Å². The molecular weight excluding hydrogens is 412 g/mol. The number of carbonyl (C=O) groups excluding carboxylic acids is 1. The number of halogens is 1. The molecule has 1 N–H and O–H groups in total. The molecule has 29 heavy (non-hydrogen) atoms. The molecule has 3 heterocycles. The van der Waals surface area contributed by atoms with Gasteiger partial charge in [-0.2, -0.15) is 0 Å². The Bertz CT molecular complexity index is 974. The summed E-state index contributed by atoms with van der Waals surface area (Å²) in [6.45, 7) is 1.74. The Morgan fingerprint density at radius 2 is 2.00 bits per heavy atom. The predicted octanol–water partition coefficient (Wildman–Crippen LogP) is 4.31. The number of ether oxygens (including phenoxy) is 2. The second kappa shape index (κ2) is 9.30. The van der Waals surface area contributed by atoms with Crippen molar-refractivity contribution < 1.29 is 14.3 Å². The highest BCUT2D eigenvalue weighted by Gasteiger charge is 2.22. The van der Waals surface area contributed by atoms with Crippen LogP contribution in [0.1, 0.15) is 40.2 Å². The largest absolute Gasteiger partial charge is 0.464 e. The molecule has 150 valence electrons. The van der Waals surface area contributed by atoms with E-state index < -0.39 is 0 Å². The van der Waals surface area contributed by atoms with Crippen molar-refractivity contribution in [2.24, 2.45) is 0 Å². The van der Waals surface area contributed by atoms with Gasteiger partial charge >= 0.3 is 0 Å². The van der Waals surface area contributed by atoms with Crippen molar-refractivity contribution in [3.8, 4) is 5.19 Å². The first-order valence-electron chi connectivity index (χ1n) is 9.23. The summed E-state index contributed by atoms with van der Waals surface area (Å²) >= 11 is 7.06. The van der Waals surface area contributed by atoms with Crippen LogP contribution in [0.3, 0.4) is 0 Å². The zero-order valence-corrected chi connectivity index (χ0v) is 17.1. The first-order valence-corrected chi connectivity index (χ1v) is 10.4. The predicted molar refractivity (Wildman–Crippen MR) is 111 cm³/mol. The average molecular weight is 431 g/mol. The van der Waals surface area contributed by atoms with Gasteiger partial charge in [0.15, 0.2) is 0 Å². The fraction of sp³-hybridized carbons (Fsp3) is 0.300. The van der Waals surface area contributed by atoms with Crippen molar-refractivity contribution in [2.75, 3.05) is 18.5 Å². The van der Waals surface area contributed by atoms with E-state index in [1.165, 1.54) is 11.3 Å². The lowest BCUT2D eigenvalue weighted by molar-refractivity contribution is 0.0845. The zero-order valence-electron chi connectivity index (χ0n) is 15.5. The Balaban J connectivity index is 1.40. The molecule has 1 amide bonds. The van der Waals surface area contributed by atoms with Gasteiger partial charge in [0, 0.05) is 36.2 Å². The van der Waals surface area contributed by atoms with E-state index in [0.29, 0.717) is 40.7 Å². The number of amides is 1. The lowest BCUT2D eigenvalue weighted by Gasteiger charge is -2.23. The van der Waals surface area contributed by atoms with Gasteiger partial charge in [0.2, 0.25) is 5.13 Å². The van der Waals surface area contributed by atoms with Crippen LogP contribution in [-0.4, -0.2) is 34.3 Å². The van der Waals surface area contributed by atoms with Gasteiger partial charge in [-0.25, -0.2) is 0 Å². The zero-order chi connectivity index (χ0) is 20.1. The Kier molecular flexibility index (Phi) is 6.33. The number of rotatable bonds is 6. The lowest BCUT2D eigenvalue weighted by Crippen LogP contribution is -2.20. The normalized spacial score (nSPS) is 14.5. The van der Waals surface area contributed by atoms with Crippen molar-refractivity contribution in [1.29, 1.82) is 0 Å². The Hall–Kier alpha value is -2.55. The van der Waals surface area contributed by atoms with Crippen molar-refractivity contribution in [3.63, 3.8) is 0 Å². The SMILES string of the molecule is O=C(Nc1nnc(OCc2ccc(Cl)cc2)s1)c1ccncc1C1CCOCC1. The Morgan fingerprint density at radius 3 is 2.79 bits per heavy atom. The number of aromatic nitrogens is 3. The van der Waals surface area contributed by atoms with Gasteiger partial charge in [-0.15, -0.1) is 5.10 Å². The van der Waals surface area contributed by atoms with Gasteiger partial charge in [-0.1, -0.05) is 28.8 Å². The quantitative estimate of drug-likeness (QED) is 0.627. The van der Waals surface area contributed by atoms with Gasteiger partial charge in [0.05, 0.1) is 0 Å². The monoisotopic (exact) mass is 430 g/mol. The van der Waals surface area contributed by atoms with Crippen molar-refractivity contribution in [1.82, 2.24) is 15.2 Å². The lowest BCUT2D eigenvalue weighted by atomic mass is 9.89. The minimum Gasteiger partial charge on any atom is -0.464 e. The summed E-state index contributed by atoms with van der Waals surface area (Å²) < 4.78 is 11.1. The third-order valence-corrected chi connectivity index (χ3v) is 5.66. The van der Waals surface area contributed by atoms with E-state index in [-0.39, 0.29) is 11.8 Å². The number of benzene rings is 1. The molecule has 9 heteroatoms. The standard InChI is InChI=1S/C20H19ClN4O3S/c21-15-3-1-13(2-4-15)12-28-20-25-24-19(29-20)23-18(26)16-5-8-22-11-17(16)14-6-9-27-10-7-14/h1-5,8,11,14H,6-7,9-10,12H2,(H,23,24,26). The smallest absolute Gasteiger partial charge is 0.296 e. The minimum absolute atomic E-state index is 0.228. The fourth-order valence-electron chi connectivity index (χ4n) is 3.16. The fourth-order valence-corrected chi connectivity index (χ4v) is 3.87. The molecule has 0 saturated carbocycles. The van der Waals surface area contributed by atoms with Gasteiger partial charge in [0.1, 0.15) is 6.61 Å². The van der Waals surface area contributed by atoms with Gasteiger partial charge in [-0.3, -0.25) is 15.1 Å². The number of hydrogen-bond acceptors (Lipinski definition) is 7. The summed E-state index contributed by atoms with van der Waals surface area (Å²) in [5.74, 6) is 0.0418. The first kappa shape index (κ1) is 19.8. The van der Waals surface area contributed by atoms with Crippen molar-refractivity contribution in [2.45, 2.75) is 25.4 Å². The molecule has 0 unspecified atom stereocenters. The van der Waals surface area contributed by atoms with E-state index >= 15 is 0 Å². The maximum Gasteiger partial charge on any atom is 0.296 e. The molecule has 3 aromatic rings. The van der Waals surface area contributed by atoms with Crippen LogP contribution < -0.4 is 10.1 Å². The summed E-state index contributed by atoms with van der Waals surface area (Å²) in [6.07, 6.45) is 5.16. The minimum atomic E-state index is -0.228. The Morgan fingerprint density at radius 1 is 1.21 bits per heavy atom. The topological polar surface area (TPSA) is 86.2 Å². The molecule has 7 nitrogen and oxygen atoms in total. The summed E-state index contributed by atoms with van der Waals surface area (Å²) in [7, 11) is 0. The van der Waals surface area contributed by atoms with Crippen LogP contribution in [0, 0.1) is 0 Å². The number of anilines is 1. The average Bonchev–Trinajstić information content (AvgIpc) is 3.21. The van der Waals surface area contributed by atoms with Crippen LogP contribution in [0.15, 0.2) is 42.7 Å². The van der Waals surface area contributed by atoms with E-state index in [2.05, 4.69) is 20.5 Å². The third-order valence-electron chi connectivity index (χ3n) is 4.66. The van der Waals surface area contributed by atoms with Crippen LogP contribution in [0.4, 0.5) is 5.13 Å². The highest BCUT2D eigenvalue weighted by Crippen LogP contribution is 2.30. The number of nitrogens with one attached hydrogen (secondary N) is 1. The molecule has 1 aliphatic rings. The maximum absolute atomic E-state index is 12.8. The van der Waals surface area contributed by atoms with Crippen LogP contribution in [0.5, 0.6) is 5.19 Å². The summed E-state index contributed by atoms with van der Waals surface area (Å²) in [5.41, 5.74) is 2.51. The summed E-state index contributed by atoms with van der Waals surface area (Å²) in [4.78, 5) is 17.0. The molecule has 0 spiro atoms. The molecule has 1 fully saturated rings. The molecule has 0 atom stereocenters. The molecule has 1 saturated heterocycles. The summed E-state index contributed by atoms with van der Waals surface area (Å²) in [5, 5.41) is 12.2. The van der Waals surface area contributed by atoms with Gasteiger partial charge < -0.3 is 9.47 Å². The van der Waals surface area contributed by atoms with Crippen LogP contribution in [0.2, 0.25) is 5.02 Å². The van der Waals surface area contributed by atoms with E-state index in [1.54, 1.807) is 30.6 Å². The second-order valence-electron chi connectivity index (χ2n) is 6.59. The molecule has 0 aliphatic carbocycles. The number of hydrogen-bond donors (Lipinski definition) is 1. The van der Waals surface area contributed by atoms with E-state index in [9.17, 15) is 4.79 Å². The third kappa shape index (κ3) is 5.09. The van der Waals surface area contributed by atoms with E-state index in [1.807, 2.05) is 12.1 Å². The molecule has 2 aromatic heterocycles. The van der Waals surface area contributed by atoms with Crippen LogP contribution in [-0.2, 0) is 11.3 Å². The number of nitrogens with zero attached hydrogens (tertiary/aromatic N) is 3. The number of pyridine rings is 1. The highest BCUT2D eigenvalue weighted by atomic mass is 35.5. The second-order valence-corrected chi connectivity index (χ2v) is 7.97. The van der Waals surface area contributed by atoms with Gasteiger partial charge in [0.25, 0.3) is 11.1 Å². The van der Waals surface area contributed by atoms with Crippen LogP contribution in [0.25, 0.3) is 0 Å². The Labute approximate surface area is 177 Å². The van der Waals surface area contributed by atoms with Crippen molar-refractivity contribution in [3.05, 3.63) is 64.4 Å².